The van der Waals surface area contributed by atoms with Crippen molar-refractivity contribution in [3.05, 3.63) is 113 Å². The largest absolute Gasteiger partial charge is 0.494 e. The van der Waals surface area contributed by atoms with Gasteiger partial charge in [0.2, 0.25) is 5.91 Å². The number of aliphatic imine (C=N–C) groups is 1. The molecule has 0 unspecified atom stereocenters. The highest BCUT2D eigenvalue weighted by Crippen LogP contribution is 2.23. The Labute approximate surface area is 344 Å². The second kappa shape index (κ2) is 24.7. The van der Waals surface area contributed by atoms with E-state index in [0.29, 0.717) is 77.5 Å². The number of hydrogen-bond acceptors (Lipinski definition) is 10. The molecule has 0 aliphatic carbocycles. The van der Waals surface area contributed by atoms with Crippen LogP contribution in [0.15, 0.2) is 84.3 Å². The summed E-state index contributed by atoms with van der Waals surface area (Å²) < 4.78 is 6.36. The third-order valence-electron chi connectivity index (χ3n) is 9.91. The lowest BCUT2D eigenvalue weighted by Gasteiger charge is -2.25. The molecule has 0 saturated heterocycles. The van der Waals surface area contributed by atoms with E-state index in [4.69, 9.17) is 20.4 Å². The standard InChI is InChI=1S/C46H63N9O3/c1-3-5-7-18-42(56)29-38-14-11-15-40(51-38)33-55(35-45-49-23-24-50-45)31-37-26-36(27-43(28-37)58-25-10-9-21-47)30-54(32-39-17-13-22-48-39)34-41-16-12-19-44(52-41)53-46(57)20-8-6-4-2/h11-16,19,22-24,26-28H,3-10,17-18,20-21,25,29-35,47H2,1-2H3,(H,49,50)(H,52,53,57). The van der Waals surface area contributed by atoms with E-state index < -0.39 is 0 Å². The molecule has 58 heavy (non-hydrogen) atoms. The van der Waals surface area contributed by atoms with Gasteiger partial charge in [0, 0.05) is 88.4 Å². The number of Topliss-reactive ketones (excluding diaryl/α,β-unsaturated/α-hetero) is 1. The molecule has 12 heteroatoms. The molecule has 1 aromatic carbocycles. The van der Waals surface area contributed by atoms with Crippen LogP contribution in [0.3, 0.4) is 0 Å². The molecule has 1 amide bonds. The van der Waals surface area contributed by atoms with Gasteiger partial charge in [-0.25, -0.2) is 9.97 Å². The van der Waals surface area contributed by atoms with Crippen LogP contribution < -0.4 is 15.8 Å². The summed E-state index contributed by atoms with van der Waals surface area (Å²) in [6.45, 7) is 9.15. The molecule has 0 saturated carbocycles. The number of carbonyl (C=O) groups is 2. The number of nitrogens with zero attached hydrogens (tertiary/aromatic N) is 6. The second-order valence-corrected chi connectivity index (χ2v) is 15.3. The Balaban J connectivity index is 1.37. The number of anilines is 1. The number of rotatable bonds is 28. The highest BCUT2D eigenvalue weighted by molar-refractivity contribution is 5.90. The van der Waals surface area contributed by atoms with Crippen LogP contribution in [0.2, 0.25) is 0 Å². The van der Waals surface area contributed by atoms with Crippen molar-refractivity contribution in [1.29, 1.82) is 0 Å². The summed E-state index contributed by atoms with van der Waals surface area (Å²) in [5.74, 6) is 2.48. The zero-order valence-electron chi connectivity index (χ0n) is 34.6. The summed E-state index contributed by atoms with van der Waals surface area (Å²) in [5.41, 5.74) is 11.7. The summed E-state index contributed by atoms with van der Waals surface area (Å²) in [7, 11) is 0. The monoisotopic (exact) mass is 790 g/mol. The number of amides is 1. The molecule has 0 radical (unpaired) electrons. The number of nitrogens with one attached hydrogen (secondary N) is 2. The van der Waals surface area contributed by atoms with Crippen LogP contribution in [0.5, 0.6) is 5.75 Å². The molecule has 12 nitrogen and oxygen atoms in total. The van der Waals surface area contributed by atoms with E-state index in [-0.39, 0.29) is 11.7 Å². The molecule has 0 bridgehead atoms. The summed E-state index contributed by atoms with van der Waals surface area (Å²) in [4.78, 5) is 52.2. The van der Waals surface area contributed by atoms with Gasteiger partial charge in [0.1, 0.15) is 23.2 Å². The van der Waals surface area contributed by atoms with E-state index in [1.54, 1.807) is 6.20 Å². The van der Waals surface area contributed by atoms with E-state index >= 15 is 0 Å². The first-order chi connectivity index (χ1) is 28.4. The van der Waals surface area contributed by atoms with Crippen molar-refractivity contribution in [1.82, 2.24) is 29.7 Å². The van der Waals surface area contributed by atoms with Crippen molar-refractivity contribution < 1.29 is 14.3 Å². The number of H-pyrrole nitrogens is 1. The zero-order valence-corrected chi connectivity index (χ0v) is 34.6. The summed E-state index contributed by atoms with van der Waals surface area (Å²) in [6, 6.07) is 18.3. The summed E-state index contributed by atoms with van der Waals surface area (Å²) in [6.07, 6.45) is 17.7. The lowest BCUT2D eigenvalue weighted by atomic mass is 10.1. The minimum Gasteiger partial charge on any atom is -0.494 e. The van der Waals surface area contributed by atoms with Crippen molar-refractivity contribution in [3.8, 4) is 5.75 Å². The summed E-state index contributed by atoms with van der Waals surface area (Å²) in [5, 5.41) is 2.99. The average molecular weight is 790 g/mol. The first-order valence-electron chi connectivity index (χ1n) is 21.2. The number of allylic oxidation sites excluding steroid dienone is 1. The van der Waals surface area contributed by atoms with E-state index in [9.17, 15) is 9.59 Å². The smallest absolute Gasteiger partial charge is 0.225 e. The minimum atomic E-state index is -0.00497. The molecule has 4 N–H and O–H groups in total. The first kappa shape index (κ1) is 44.1. The number of ether oxygens (including phenoxy) is 1. The van der Waals surface area contributed by atoms with Gasteiger partial charge in [0.15, 0.2) is 0 Å². The van der Waals surface area contributed by atoms with Gasteiger partial charge in [-0.1, -0.05) is 63.8 Å². The molecule has 4 aromatic rings. The SMILES string of the molecule is CCCCCC(=O)Cc1cccc(CN(Cc2cc(CN(CC3=NC=CC3)Cc3cccc(NC(=O)CCCCC)n3)cc(OCCCCN)c2)Cc2ncc[nH]2)n1. The van der Waals surface area contributed by atoms with E-state index in [2.05, 4.69) is 68.2 Å². The van der Waals surface area contributed by atoms with E-state index in [0.717, 1.165) is 103 Å². The normalized spacial score (nSPS) is 12.4. The Morgan fingerprint density at radius 3 is 2.19 bits per heavy atom. The van der Waals surface area contributed by atoms with Gasteiger partial charge in [-0.15, -0.1) is 0 Å². The molecule has 0 atom stereocenters. The number of pyridine rings is 2. The number of hydrogen-bond donors (Lipinski definition) is 3. The number of nitrogens with two attached hydrogens (primary N) is 1. The Morgan fingerprint density at radius 2 is 1.50 bits per heavy atom. The van der Waals surface area contributed by atoms with Crippen LogP contribution in [0.25, 0.3) is 0 Å². The number of aromatic amines is 1. The molecule has 1 aliphatic heterocycles. The topological polar surface area (TPSA) is 155 Å². The quantitative estimate of drug-likeness (QED) is 0.0485. The van der Waals surface area contributed by atoms with Crippen LogP contribution in [0, 0.1) is 0 Å². The lowest BCUT2D eigenvalue weighted by molar-refractivity contribution is -0.118. The van der Waals surface area contributed by atoms with Gasteiger partial charge in [0.25, 0.3) is 0 Å². The Kier molecular flexibility index (Phi) is 18.7. The van der Waals surface area contributed by atoms with Crippen LogP contribution in [-0.4, -0.2) is 66.8 Å². The van der Waals surface area contributed by atoms with Gasteiger partial charge >= 0.3 is 0 Å². The number of ketones is 1. The van der Waals surface area contributed by atoms with Crippen LogP contribution in [0.4, 0.5) is 5.82 Å². The maximum atomic E-state index is 12.7. The molecule has 0 fully saturated rings. The van der Waals surface area contributed by atoms with Gasteiger partial charge in [-0.3, -0.25) is 29.4 Å². The fourth-order valence-corrected chi connectivity index (χ4v) is 7.06. The number of imidazole rings is 1. The lowest BCUT2D eigenvalue weighted by Crippen LogP contribution is -2.29. The van der Waals surface area contributed by atoms with Gasteiger partial charge in [-0.05, 0) is 79.8 Å². The highest BCUT2D eigenvalue weighted by Gasteiger charge is 2.17. The van der Waals surface area contributed by atoms with Crippen molar-refractivity contribution in [3.63, 3.8) is 0 Å². The molecular formula is C46H63N9O3. The highest BCUT2D eigenvalue weighted by atomic mass is 16.5. The molecular weight excluding hydrogens is 727 g/mol. The number of unbranched alkanes of at least 4 members (excludes halogenated alkanes) is 5. The van der Waals surface area contributed by atoms with Crippen molar-refractivity contribution in [2.24, 2.45) is 10.7 Å². The molecule has 1 aliphatic rings. The maximum Gasteiger partial charge on any atom is 0.225 e. The van der Waals surface area contributed by atoms with Crippen LogP contribution >= 0.6 is 0 Å². The second-order valence-electron chi connectivity index (χ2n) is 15.3. The molecule has 310 valence electrons. The van der Waals surface area contributed by atoms with Gasteiger partial charge in [0.05, 0.1) is 24.5 Å². The van der Waals surface area contributed by atoms with Gasteiger partial charge < -0.3 is 20.8 Å². The Hall–Kier alpha value is -5.04. The third kappa shape index (κ3) is 16.1. The van der Waals surface area contributed by atoms with E-state index in [1.807, 2.05) is 48.8 Å². The maximum absolute atomic E-state index is 12.7. The van der Waals surface area contributed by atoms with Crippen molar-refractivity contribution >= 4 is 23.2 Å². The first-order valence-corrected chi connectivity index (χ1v) is 21.2. The third-order valence-corrected chi connectivity index (χ3v) is 9.91. The zero-order chi connectivity index (χ0) is 40.8. The van der Waals surface area contributed by atoms with Crippen molar-refractivity contribution in [2.45, 2.75) is 124 Å². The molecule has 3 aromatic heterocycles. The fraction of sp³-hybridized carbons (Fsp3) is 0.478. The van der Waals surface area contributed by atoms with Crippen LogP contribution in [-0.2, 0) is 48.7 Å². The molecule has 0 spiro atoms. The summed E-state index contributed by atoms with van der Waals surface area (Å²) >= 11 is 0. The van der Waals surface area contributed by atoms with Gasteiger partial charge in [-0.2, -0.15) is 0 Å². The number of benzene rings is 1. The predicted octanol–water partition coefficient (Wildman–Crippen LogP) is 8.09. The molecule has 4 heterocycles. The Morgan fingerprint density at radius 1 is 0.793 bits per heavy atom. The van der Waals surface area contributed by atoms with Crippen molar-refractivity contribution in [2.75, 3.05) is 25.0 Å². The molecule has 5 rings (SSSR count). The number of carbonyl (C=O) groups excluding carboxylic acids is 2. The fourth-order valence-electron chi connectivity index (χ4n) is 7.06. The minimum absolute atomic E-state index is 0.00497. The van der Waals surface area contributed by atoms with Crippen LogP contribution in [0.1, 0.15) is 119 Å². The Bertz CT molecular complexity index is 1910. The predicted molar refractivity (Wildman–Crippen MR) is 231 cm³/mol. The van der Waals surface area contributed by atoms with E-state index in [1.165, 1.54) is 0 Å². The average Bonchev–Trinajstić information content (AvgIpc) is 3.92. The number of aromatic nitrogens is 4.